The Labute approximate surface area is 185 Å². The summed E-state index contributed by atoms with van der Waals surface area (Å²) in [5.41, 5.74) is 3.60. The molecule has 0 aliphatic heterocycles. The van der Waals surface area contributed by atoms with Crippen LogP contribution in [0.4, 0.5) is 0 Å². The van der Waals surface area contributed by atoms with E-state index in [-0.39, 0.29) is 17.6 Å². The molecule has 0 aliphatic carbocycles. The predicted molar refractivity (Wildman–Crippen MR) is 121 cm³/mol. The highest BCUT2D eigenvalue weighted by atomic mass is 35.5. The molecule has 0 bridgehead atoms. The number of carbonyl (C=O) groups excluding carboxylic acids is 1. The summed E-state index contributed by atoms with van der Waals surface area (Å²) in [6, 6.07) is 21.1. The molecule has 7 heteroatoms. The molecule has 0 aliphatic rings. The second-order valence-corrected chi connectivity index (χ2v) is 7.75. The van der Waals surface area contributed by atoms with E-state index in [4.69, 9.17) is 11.6 Å². The lowest BCUT2D eigenvalue weighted by molar-refractivity contribution is 0.0934. The molecule has 0 saturated heterocycles. The average Bonchev–Trinajstić information content (AvgIpc) is 3.25. The van der Waals surface area contributed by atoms with Gasteiger partial charge in [0.2, 0.25) is 0 Å². The van der Waals surface area contributed by atoms with Gasteiger partial charge in [-0.25, -0.2) is 4.68 Å². The van der Waals surface area contributed by atoms with Crippen LogP contribution in [-0.4, -0.2) is 31.9 Å². The van der Waals surface area contributed by atoms with E-state index in [1.54, 1.807) is 29.2 Å². The van der Waals surface area contributed by atoms with Crippen LogP contribution < -0.4 is 5.32 Å². The van der Waals surface area contributed by atoms with Gasteiger partial charge < -0.3 is 5.32 Å². The number of carbonyl (C=O) groups is 1. The lowest BCUT2D eigenvalue weighted by atomic mass is 10.1. The van der Waals surface area contributed by atoms with Crippen LogP contribution in [0, 0.1) is 0 Å². The van der Waals surface area contributed by atoms with E-state index in [1.807, 2.05) is 49.4 Å². The molecule has 0 radical (unpaired) electrons. The van der Waals surface area contributed by atoms with Gasteiger partial charge in [-0.05, 0) is 61.7 Å². The first kappa shape index (κ1) is 20.8. The van der Waals surface area contributed by atoms with Crippen LogP contribution in [0.5, 0.6) is 0 Å². The van der Waals surface area contributed by atoms with Gasteiger partial charge >= 0.3 is 0 Å². The molecule has 4 rings (SSSR count). The van der Waals surface area contributed by atoms with Crippen molar-refractivity contribution in [2.24, 2.45) is 0 Å². The normalized spacial score (nSPS) is 11.8. The van der Waals surface area contributed by atoms with E-state index >= 15 is 0 Å². The second-order valence-electron chi connectivity index (χ2n) is 7.32. The molecule has 1 N–H and O–H groups in total. The third kappa shape index (κ3) is 4.98. The Morgan fingerprint density at radius 2 is 1.84 bits per heavy atom. The highest BCUT2D eigenvalue weighted by Gasteiger charge is 2.23. The number of halogens is 1. The van der Waals surface area contributed by atoms with Gasteiger partial charge in [0.05, 0.1) is 5.69 Å². The van der Waals surface area contributed by atoms with E-state index in [1.165, 1.54) is 5.56 Å². The molecule has 0 unspecified atom stereocenters. The number of benzene rings is 2. The first-order chi connectivity index (χ1) is 15.1. The third-order valence-corrected chi connectivity index (χ3v) is 5.23. The molecule has 31 heavy (non-hydrogen) atoms. The first-order valence-corrected chi connectivity index (χ1v) is 10.5. The molecule has 0 saturated carbocycles. The van der Waals surface area contributed by atoms with Crippen LogP contribution in [0.25, 0.3) is 16.9 Å². The molecule has 2 aromatic heterocycles. The zero-order valence-corrected chi connectivity index (χ0v) is 17.8. The predicted octanol–water partition coefficient (Wildman–Crippen LogP) is 4.73. The molecule has 4 aromatic rings. The first-order valence-electron chi connectivity index (χ1n) is 10.1. The summed E-state index contributed by atoms with van der Waals surface area (Å²) < 4.78 is 1.64. The maximum Gasteiger partial charge on any atom is 0.274 e. The summed E-state index contributed by atoms with van der Waals surface area (Å²) in [6.45, 7) is 1.99. The molecule has 1 atom stereocenters. The minimum atomic E-state index is -0.264. The molecule has 0 spiro atoms. The van der Waals surface area contributed by atoms with Crippen LogP contribution in [0.15, 0.2) is 79.1 Å². The number of nitrogens with one attached hydrogen (secondary N) is 1. The van der Waals surface area contributed by atoms with Gasteiger partial charge in [0, 0.05) is 29.0 Å². The maximum absolute atomic E-state index is 13.1. The summed E-state index contributed by atoms with van der Waals surface area (Å²) >= 11 is 6.02. The topological polar surface area (TPSA) is 72.7 Å². The monoisotopic (exact) mass is 431 g/mol. The smallest absolute Gasteiger partial charge is 0.274 e. The van der Waals surface area contributed by atoms with Crippen molar-refractivity contribution in [3.8, 4) is 16.9 Å². The SMILES string of the molecule is C[C@@H](CCc1ccccc1)NC(=O)c1nnn(-c2ccc(Cl)cc2)c1-c1cccnc1. The number of nitrogens with zero attached hydrogens (tertiary/aromatic N) is 4. The van der Waals surface area contributed by atoms with Crippen molar-refractivity contribution in [1.82, 2.24) is 25.3 Å². The Hall–Kier alpha value is -3.51. The third-order valence-electron chi connectivity index (χ3n) is 4.98. The number of aryl methyl sites for hydroxylation is 1. The molecule has 1 amide bonds. The minimum absolute atomic E-state index is 0.0184. The second kappa shape index (κ2) is 9.53. The van der Waals surface area contributed by atoms with Crippen molar-refractivity contribution in [1.29, 1.82) is 0 Å². The quantitative estimate of drug-likeness (QED) is 0.459. The Bertz CT molecular complexity index is 1140. The van der Waals surface area contributed by atoms with Crippen LogP contribution in [-0.2, 0) is 6.42 Å². The molecule has 6 nitrogen and oxygen atoms in total. The summed E-state index contributed by atoms with van der Waals surface area (Å²) in [5.74, 6) is -0.264. The molecule has 156 valence electrons. The lowest BCUT2D eigenvalue weighted by Crippen LogP contribution is -2.33. The van der Waals surface area contributed by atoms with Crippen LogP contribution in [0.2, 0.25) is 5.02 Å². The van der Waals surface area contributed by atoms with Crippen molar-refractivity contribution < 1.29 is 4.79 Å². The Morgan fingerprint density at radius 3 is 2.55 bits per heavy atom. The van der Waals surface area contributed by atoms with Gasteiger partial charge in [-0.15, -0.1) is 5.10 Å². The van der Waals surface area contributed by atoms with Crippen LogP contribution in [0.3, 0.4) is 0 Å². The molecule has 2 heterocycles. The number of hydrogen-bond acceptors (Lipinski definition) is 4. The Balaban J connectivity index is 1.58. The molecule has 0 fully saturated rings. The average molecular weight is 432 g/mol. The molecular weight excluding hydrogens is 410 g/mol. The largest absolute Gasteiger partial charge is 0.348 e. The number of pyridine rings is 1. The number of amides is 1. The summed E-state index contributed by atoms with van der Waals surface area (Å²) in [7, 11) is 0. The van der Waals surface area contributed by atoms with Crippen LogP contribution in [0.1, 0.15) is 29.4 Å². The fraction of sp³-hybridized carbons (Fsp3) is 0.167. The van der Waals surface area contributed by atoms with Gasteiger partial charge in [0.25, 0.3) is 5.91 Å². The molecular formula is C24H22ClN5O. The van der Waals surface area contributed by atoms with Crippen molar-refractivity contribution >= 4 is 17.5 Å². The zero-order valence-electron chi connectivity index (χ0n) is 17.1. The van der Waals surface area contributed by atoms with E-state index < -0.39 is 0 Å². The van der Waals surface area contributed by atoms with E-state index in [9.17, 15) is 4.79 Å². The number of hydrogen-bond donors (Lipinski definition) is 1. The van der Waals surface area contributed by atoms with Crippen molar-refractivity contribution in [3.05, 3.63) is 95.4 Å². The van der Waals surface area contributed by atoms with Gasteiger partial charge in [0.1, 0.15) is 5.69 Å². The summed E-state index contributed by atoms with van der Waals surface area (Å²) in [4.78, 5) is 17.3. The summed E-state index contributed by atoms with van der Waals surface area (Å²) in [5, 5.41) is 12.1. The van der Waals surface area contributed by atoms with Crippen molar-refractivity contribution in [2.75, 3.05) is 0 Å². The molecule has 2 aromatic carbocycles. The van der Waals surface area contributed by atoms with Gasteiger partial charge in [0.15, 0.2) is 5.69 Å². The fourth-order valence-corrected chi connectivity index (χ4v) is 3.48. The van der Waals surface area contributed by atoms with Crippen molar-refractivity contribution in [2.45, 2.75) is 25.8 Å². The highest BCUT2D eigenvalue weighted by Crippen LogP contribution is 2.25. The standard InChI is InChI=1S/C24H22ClN5O/c1-17(9-10-18-6-3-2-4-7-18)27-24(31)22-23(19-8-5-15-26-16-19)30(29-28-22)21-13-11-20(25)12-14-21/h2-8,11-17H,9-10H2,1H3,(H,27,31)/t17-/m0/s1. The zero-order chi connectivity index (χ0) is 21.6. The van der Waals surface area contributed by atoms with Gasteiger partial charge in [-0.1, -0.05) is 47.1 Å². The maximum atomic E-state index is 13.1. The van der Waals surface area contributed by atoms with Crippen molar-refractivity contribution in [3.63, 3.8) is 0 Å². The van der Waals surface area contributed by atoms with E-state index in [0.717, 1.165) is 24.1 Å². The summed E-state index contributed by atoms with van der Waals surface area (Å²) in [6.07, 6.45) is 5.09. The fourth-order valence-electron chi connectivity index (χ4n) is 3.35. The van der Waals surface area contributed by atoms with E-state index in [0.29, 0.717) is 10.7 Å². The minimum Gasteiger partial charge on any atom is -0.348 e. The van der Waals surface area contributed by atoms with Gasteiger partial charge in [-0.3, -0.25) is 9.78 Å². The highest BCUT2D eigenvalue weighted by molar-refractivity contribution is 6.30. The number of aromatic nitrogens is 4. The van der Waals surface area contributed by atoms with E-state index in [2.05, 4.69) is 32.7 Å². The lowest BCUT2D eigenvalue weighted by Gasteiger charge is -2.14. The number of rotatable bonds is 7. The van der Waals surface area contributed by atoms with Crippen LogP contribution >= 0.6 is 11.6 Å². The Morgan fingerprint density at radius 1 is 1.06 bits per heavy atom. The van der Waals surface area contributed by atoms with Gasteiger partial charge in [-0.2, -0.15) is 0 Å². The Kier molecular flexibility index (Phi) is 6.38.